The van der Waals surface area contributed by atoms with Gasteiger partial charge in [0, 0.05) is 11.1 Å². The standard InChI is InChI=1S/C21H19NO3/c23-21-15-24-18(13-22(21)17-9-2-1-3-10-17)14-25-20-12-6-8-16-7-4-5-11-19(16)20/h1-12,18H,13-15H2. The summed E-state index contributed by atoms with van der Waals surface area (Å²) in [5, 5.41) is 2.22. The molecule has 1 aliphatic rings. The highest BCUT2D eigenvalue weighted by Gasteiger charge is 2.27. The van der Waals surface area contributed by atoms with Crippen LogP contribution < -0.4 is 9.64 Å². The molecule has 1 atom stereocenters. The highest BCUT2D eigenvalue weighted by atomic mass is 16.5. The summed E-state index contributed by atoms with van der Waals surface area (Å²) in [6.07, 6.45) is -0.156. The Morgan fingerprint density at radius 1 is 0.960 bits per heavy atom. The Labute approximate surface area is 146 Å². The predicted octanol–water partition coefficient (Wildman–Crippen LogP) is 3.65. The number of ether oxygens (including phenoxy) is 2. The molecule has 0 spiro atoms. The van der Waals surface area contributed by atoms with Crippen LogP contribution in [0.2, 0.25) is 0 Å². The number of anilines is 1. The topological polar surface area (TPSA) is 38.8 Å². The summed E-state index contributed by atoms with van der Waals surface area (Å²) in [6.45, 7) is 0.983. The van der Waals surface area contributed by atoms with Gasteiger partial charge in [-0.05, 0) is 23.6 Å². The fraction of sp³-hybridized carbons (Fsp3) is 0.190. The number of hydrogen-bond acceptors (Lipinski definition) is 3. The number of amides is 1. The molecule has 0 aromatic heterocycles. The molecular formula is C21H19NO3. The van der Waals surface area contributed by atoms with E-state index in [9.17, 15) is 4.79 Å². The summed E-state index contributed by atoms with van der Waals surface area (Å²) in [5.41, 5.74) is 0.894. The molecule has 4 heteroatoms. The van der Waals surface area contributed by atoms with Gasteiger partial charge in [0.05, 0.1) is 6.54 Å². The van der Waals surface area contributed by atoms with Gasteiger partial charge in [-0.25, -0.2) is 0 Å². The monoisotopic (exact) mass is 333 g/mol. The van der Waals surface area contributed by atoms with Gasteiger partial charge >= 0.3 is 0 Å². The fourth-order valence-corrected chi connectivity index (χ4v) is 3.09. The second kappa shape index (κ2) is 6.95. The van der Waals surface area contributed by atoms with Crippen molar-refractivity contribution in [2.24, 2.45) is 0 Å². The summed E-state index contributed by atoms with van der Waals surface area (Å²) < 4.78 is 11.7. The van der Waals surface area contributed by atoms with Crippen LogP contribution in [0.25, 0.3) is 10.8 Å². The van der Waals surface area contributed by atoms with Crippen molar-refractivity contribution in [3.05, 3.63) is 72.8 Å². The predicted molar refractivity (Wildman–Crippen MR) is 98.0 cm³/mol. The maximum atomic E-state index is 12.1. The Hall–Kier alpha value is -2.85. The van der Waals surface area contributed by atoms with Crippen LogP contribution in [0, 0.1) is 0 Å². The van der Waals surface area contributed by atoms with E-state index in [1.807, 2.05) is 60.7 Å². The highest BCUT2D eigenvalue weighted by molar-refractivity contribution is 5.95. The molecule has 1 unspecified atom stereocenters. The molecular weight excluding hydrogens is 314 g/mol. The molecule has 0 radical (unpaired) electrons. The molecule has 4 rings (SSSR count). The molecule has 1 amide bonds. The average molecular weight is 333 g/mol. The van der Waals surface area contributed by atoms with Gasteiger partial charge in [0.15, 0.2) is 0 Å². The molecule has 0 N–H and O–H groups in total. The second-order valence-electron chi connectivity index (χ2n) is 6.06. The lowest BCUT2D eigenvalue weighted by Gasteiger charge is -2.32. The zero-order valence-corrected chi connectivity index (χ0v) is 13.8. The molecule has 0 aliphatic carbocycles. The van der Waals surface area contributed by atoms with Crippen LogP contribution in [0.5, 0.6) is 5.75 Å². The van der Waals surface area contributed by atoms with Crippen LogP contribution in [0.1, 0.15) is 0 Å². The Kier molecular flexibility index (Phi) is 4.36. The molecule has 4 nitrogen and oxygen atoms in total. The van der Waals surface area contributed by atoms with Gasteiger partial charge in [-0.2, -0.15) is 0 Å². The number of para-hydroxylation sites is 1. The second-order valence-corrected chi connectivity index (χ2v) is 6.06. The van der Waals surface area contributed by atoms with Crippen LogP contribution >= 0.6 is 0 Å². The Balaban J connectivity index is 1.47. The quantitative estimate of drug-likeness (QED) is 0.731. The Morgan fingerprint density at radius 3 is 2.60 bits per heavy atom. The summed E-state index contributed by atoms with van der Waals surface area (Å²) >= 11 is 0. The van der Waals surface area contributed by atoms with Crippen LogP contribution in [0.4, 0.5) is 5.69 Å². The first-order chi connectivity index (χ1) is 12.3. The molecule has 0 saturated carbocycles. The van der Waals surface area contributed by atoms with Gasteiger partial charge < -0.3 is 14.4 Å². The fourth-order valence-electron chi connectivity index (χ4n) is 3.09. The van der Waals surface area contributed by atoms with Gasteiger partial charge in [0.1, 0.15) is 25.1 Å². The lowest BCUT2D eigenvalue weighted by molar-refractivity contribution is -0.130. The summed E-state index contributed by atoms with van der Waals surface area (Å²) in [4.78, 5) is 13.9. The van der Waals surface area contributed by atoms with Crippen LogP contribution in [0.15, 0.2) is 72.8 Å². The van der Waals surface area contributed by atoms with E-state index in [2.05, 4.69) is 12.1 Å². The smallest absolute Gasteiger partial charge is 0.253 e. The molecule has 3 aromatic carbocycles. The van der Waals surface area contributed by atoms with Gasteiger partial charge in [-0.1, -0.05) is 54.6 Å². The van der Waals surface area contributed by atoms with Gasteiger partial charge in [-0.3, -0.25) is 4.79 Å². The van der Waals surface area contributed by atoms with Gasteiger partial charge in [0.2, 0.25) is 0 Å². The number of benzene rings is 3. The zero-order chi connectivity index (χ0) is 17.1. The highest BCUT2D eigenvalue weighted by Crippen LogP contribution is 2.26. The van der Waals surface area contributed by atoms with Crippen molar-refractivity contribution in [3.8, 4) is 5.75 Å². The molecule has 3 aromatic rings. The molecule has 0 bridgehead atoms. The molecule has 1 heterocycles. The number of carbonyl (C=O) groups is 1. The molecule has 1 fully saturated rings. The maximum Gasteiger partial charge on any atom is 0.253 e. The zero-order valence-electron chi connectivity index (χ0n) is 13.8. The number of carbonyl (C=O) groups excluding carboxylic acids is 1. The maximum absolute atomic E-state index is 12.1. The number of nitrogens with zero attached hydrogens (tertiary/aromatic N) is 1. The SMILES string of the molecule is O=C1COC(COc2cccc3ccccc23)CN1c1ccccc1. The third kappa shape index (κ3) is 3.35. The number of rotatable bonds is 4. The minimum Gasteiger partial charge on any atom is -0.490 e. The minimum atomic E-state index is -0.156. The molecule has 1 saturated heterocycles. The molecule has 126 valence electrons. The van der Waals surface area contributed by atoms with E-state index in [1.54, 1.807) is 4.90 Å². The van der Waals surface area contributed by atoms with Crippen molar-refractivity contribution < 1.29 is 14.3 Å². The average Bonchev–Trinajstić information content (AvgIpc) is 2.68. The minimum absolute atomic E-state index is 0.0207. The van der Waals surface area contributed by atoms with E-state index in [1.165, 1.54) is 0 Å². The van der Waals surface area contributed by atoms with Crippen molar-refractivity contribution in [3.63, 3.8) is 0 Å². The van der Waals surface area contributed by atoms with E-state index in [4.69, 9.17) is 9.47 Å². The van der Waals surface area contributed by atoms with E-state index >= 15 is 0 Å². The van der Waals surface area contributed by atoms with Gasteiger partial charge in [-0.15, -0.1) is 0 Å². The lowest BCUT2D eigenvalue weighted by Crippen LogP contribution is -2.48. The van der Waals surface area contributed by atoms with Crippen molar-refractivity contribution in [1.29, 1.82) is 0 Å². The summed E-state index contributed by atoms with van der Waals surface area (Å²) in [5.74, 6) is 0.817. The Morgan fingerprint density at radius 2 is 1.72 bits per heavy atom. The molecule has 1 aliphatic heterocycles. The first kappa shape index (κ1) is 15.7. The van der Waals surface area contributed by atoms with Crippen LogP contribution in [-0.2, 0) is 9.53 Å². The Bertz CT molecular complexity index is 873. The molecule has 25 heavy (non-hydrogen) atoms. The largest absolute Gasteiger partial charge is 0.490 e. The van der Waals surface area contributed by atoms with E-state index < -0.39 is 0 Å². The van der Waals surface area contributed by atoms with Crippen molar-refractivity contribution in [2.75, 3.05) is 24.7 Å². The first-order valence-electron chi connectivity index (χ1n) is 8.39. The van der Waals surface area contributed by atoms with Crippen molar-refractivity contribution in [1.82, 2.24) is 0 Å². The van der Waals surface area contributed by atoms with Gasteiger partial charge in [0.25, 0.3) is 5.91 Å². The summed E-state index contributed by atoms with van der Waals surface area (Å²) in [6, 6.07) is 23.8. The van der Waals surface area contributed by atoms with Crippen molar-refractivity contribution in [2.45, 2.75) is 6.10 Å². The lowest BCUT2D eigenvalue weighted by atomic mass is 10.1. The van der Waals surface area contributed by atoms with E-state index in [0.29, 0.717) is 13.2 Å². The summed E-state index contributed by atoms with van der Waals surface area (Å²) in [7, 11) is 0. The first-order valence-corrected chi connectivity index (χ1v) is 8.39. The van der Waals surface area contributed by atoms with Crippen molar-refractivity contribution >= 4 is 22.4 Å². The normalized spacial score (nSPS) is 17.7. The van der Waals surface area contributed by atoms with Crippen LogP contribution in [0.3, 0.4) is 0 Å². The third-order valence-corrected chi connectivity index (χ3v) is 4.37. The van der Waals surface area contributed by atoms with E-state index in [-0.39, 0.29) is 18.6 Å². The van der Waals surface area contributed by atoms with E-state index in [0.717, 1.165) is 22.2 Å². The number of hydrogen-bond donors (Lipinski definition) is 0. The number of morpholine rings is 1. The number of fused-ring (bicyclic) bond motifs is 1. The van der Waals surface area contributed by atoms with Crippen LogP contribution in [-0.4, -0.2) is 31.8 Å². The third-order valence-electron chi connectivity index (χ3n) is 4.37.